The van der Waals surface area contributed by atoms with Crippen LogP contribution in [0.3, 0.4) is 0 Å². The summed E-state index contributed by atoms with van der Waals surface area (Å²) < 4.78 is 30.6. The van der Waals surface area contributed by atoms with E-state index in [0.29, 0.717) is 12.2 Å². The number of rotatable bonds is 9. The van der Waals surface area contributed by atoms with E-state index in [1.165, 1.54) is 25.8 Å². The molecule has 0 aromatic carbocycles. The Morgan fingerprint density at radius 1 is 1.41 bits per heavy atom. The molecule has 0 aromatic rings. The van der Waals surface area contributed by atoms with Crippen LogP contribution in [-0.2, 0) is 9.53 Å². The van der Waals surface area contributed by atoms with Crippen molar-refractivity contribution in [1.82, 2.24) is 0 Å². The summed E-state index contributed by atoms with van der Waals surface area (Å²) >= 11 is 1.42. The third-order valence-electron chi connectivity index (χ3n) is 2.54. The minimum Gasteiger partial charge on any atom is -0.468 e. The molecule has 0 saturated carbocycles. The molecule has 0 spiro atoms. The maximum atomic E-state index is 12.9. The number of carbonyl (C=O) groups is 1. The number of halogens is 2. The van der Waals surface area contributed by atoms with Crippen LogP contribution >= 0.6 is 11.8 Å². The van der Waals surface area contributed by atoms with Gasteiger partial charge in [0.05, 0.1) is 7.11 Å². The zero-order valence-corrected chi connectivity index (χ0v) is 11.6. The molecule has 1 unspecified atom stereocenters. The van der Waals surface area contributed by atoms with Crippen LogP contribution < -0.4 is 0 Å². The van der Waals surface area contributed by atoms with Crippen LogP contribution in [-0.4, -0.2) is 30.0 Å². The minimum absolute atomic E-state index is 0.101. The third kappa shape index (κ3) is 7.58. The van der Waals surface area contributed by atoms with Gasteiger partial charge in [0.25, 0.3) is 0 Å². The van der Waals surface area contributed by atoms with Crippen LogP contribution in [0, 0.1) is 0 Å². The molecule has 0 aliphatic heterocycles. The number of carbonyl (C=O) groups excluding carboxylic acids is 1. The molecule has 0 saturated heterocycles. The van der Waals surface area contributed by atoms with Gasteiger partial charge in [-0.3, -0.25) is 4.79 Å². The molecule has 17 heavy (non-hydrogen) atoms. The molecule has 0 bridgehead atoms. The SMILES string of the molecule is CCCC(SCCCC(F)(F)CC)C(=O)OC. The lowest BCUT2D eigenvalue weighted by Crippen LogP contribution is -2.20. The fourth-order valence-corrected chi connectivity index (χ4v) is 2.63. The van der Waals surface area contributed by atoms with Crippen molar-refractivity contribution in [2.24, 2.45) is 0 Å². The number of ether oxygens (including phenoxy) is 1. The predicted octanol–water partition coefficient (Wildman–Crippen LogP) is 3.89. The summed E-state index contributed by atoms with van der Waals surface area (Å²) in [5, 5.41) is -0.208. The second-order valence-electron chi connectivity index (χ2n) is 3.98. The number of alkyl halides is 2. The van der Waals surface area contributed by atoms with Gasteiger partial charge in [0.15, 0.2) is 0 Å². The molecule has 0 fully saturated rings. The quantitative estimate of drug-likeness (QED) is 0.469. The molecule has 0 amide bonds. The second kappa shape index (κ2) is 8.72. The summed E-state index contributed by atoms with van der Waals surface area (Å²) in [6.07, 6.45) is 1.84. The highest BCUT2D eigenvalue weighted by atomic mass is 32.2. The first kappa shape index (κ1) is 16.7. The molecule has 0 aliphatic rings. The number of methoxy groups -OCH3 is 1. The molecule has 102 valence electrons. The van der Waals surface area contributed by atoms with Crippen molar-refractivity contribution in [2.45, 2.75) is 57.1 Å². The van der Waals surface area contributed by atoms with E-state index in [0.717, 1.165) is 12.8 Å². The van der Waals surface area contributed by atoms with Crippen molar-refractivity contribution in [3.63, 3.8) is 0 Å². The normalized spacial score (nSPS) is 13.5. The van der Waals surface area contributed by atoms with Crippen LogP contribution in [0.25, 0.3) is 0 Å². The van der Waals surface area contributed by atoms with Gasteiger partial charge < -0.3 is 4.74 Å². The van der Waals surface area contributed by atoms with E-state index in [1.54, 1.807) is 0 Å². The number of esters is 1. The molecule has 0 aliphatic carbocycles. The van der Waals surface area contributed by atoms with Crippen molar-refractivity contribution in [1.29, 1.82) is 0 Å². The Balaban J connectivity index is 3.86. The summed E-state index contributed by atoms with van der Waals surface area (Å²) in [5.41, 5.74) is 0. The Morgan fingerprint density at radius 2 is 2.06 bits per heavy atom. The van der Waals surface area contributed by atoms with Crippen LogP contribution in [0.15, 0.2) is 0 Å². The summed E-state index contributed by atoms with van der Waals surface area (Å²) in [6.45, 7) is 3.48. The topological polar surface area (TPSA) is 26.3 Å². The van der Waals surface area contributed by atoms with Gasteiger partial charge in [-0.2, -0.15) is 0 Å². The van der Waals surface area contributed by atoms with Crippen LogP contribution in [0.1, 0.15) is 46.0 Å². The van der Waals surface area contributed by atoms with Crippen LogP contribution in [0.2, 0.25) is 0 Å². The van der Waals surface area contributed by atoms with E-state index in [1.807, 2.05) is 6.92 Å². The molecule has 0 radical (unpaired) electrons. The largest absolute Gasteiger partial charge is 0.468 e. The van der Waals surface area contributed by atoms with Crippen molar-refractivity contribution in [3.05, 3.63) is 0 Å². The fraction of sp³-hybridized carbons (Fsp3) is 0.917. The number of thioether (sulfide) groups is 1. The van der Waals surface area contributed by atoms with Crippen molar-refractivity contribution in [2.75, 3.05) is 12.9 Å². The number of hydrogen-bond acceptors (Lipinski definition) is 3. The van der Waals surface area contributed by atoms with Crippen LogP contribution in [0.5, 0.6) is 0 Å². The summed E-state index contributed by atoms with van der Waals surface area (Å²) in [4.78, 5) is 11.4. The molecule has 1 atom stereocenters. The summed E-state index contributed by atoms with van der Waals surface area (Å²) in [7, 11) is 1.36. The fourth-order valence-electron chi connectivity index (χ4n) is 1.40. The highest BCUT2D eigenvalue weighted by Gasteiger charge is 2.25. The first-order valence-electron chi connectivity index (χ1n) is 6.04. The third-order valence-corrected chi connectivity index (χ3v) is 3.89. The lowest BCUT2D eigenvalue weighted by molar-refractivity contribution is -0.140. The average molecular weight is 268 g/mol. The Morgan fingerprint density at radius 3 is 2.53 bits per heavy atom. The maximum Gasteiger partial charge on any atom is 0.318 e. The molecular weight excluding hydrogens is 246 g/mol. The Bertz CT molecular complexity index is 223. The summed E-state index contributed by atoms with van der Waals surface area (Å²) in [5.74, 6) is -2.24. The standard InChI is InChI=1S/C12H22F2O2S/c1-4-7-10(11(15)16-3)17-9-6-8-12(13,14)5-2/h10H,4-9H2,1-3H3. The van der Waals surface area contributed by atoms with Crippen molar-refractivity contribution < 1.29 is 18.3 Å². The molecule has 0 heterocycles. The first-order chi connectivity index (χ1) is 7.96. The van der Waals surface area contributed by atoms with Crippen LogP contribution in [0.4, 0.5) is 8.78 Å². The smallest absolute Gasteiger partial charge is 0.318 e. The molecule has 0 N–H and O–H groups in total. The van der Waals surface area contributed by atoms with E-state index in [-0.39, 0.29) is 24.1 Å². The molecule has 0 aromatic heterocycles. The monoisotopic (exact) mass is 268 g/mol. The van der Waals surface area contributed by atoms with Gasteiger partial charge in [0.2, 0.25) is 5.92 Å². The van der Waals surface area contributed by atoms with Crippen molar-refractivity contribution in [3.8, 4) is 0 Å². The molecular formula is C12H22F2O2S. The summed E-state index contributed by atoms with van der Waals surface area (Å²) in [6, 6.07) is 0. The maximum absolute atomic E-state index is 12.9. The highest BCUT2D eigenvalue weighted by molar-refractivity contribution is 8.00. The van der Waals surface area contributed by atoms with Gasteiger partial charge in [-0.05, 0) is 18.6 Å². The van der Waals surface area contributed by atoms with E-state index >= 15 is 0 Å². The highest BCUT2D eigenvalue weighted by Crippen LogP contribution is 2.26. The van der Waals surface area contributed by atoms with E-state index < -0.39 is 5.92 Å². The lowest BCUT2D eigenvalue weighted by Gasteiger charge is -2.15. The molecule has 5 heteroatoms. The van der Waals surface area contributed by atoms with Gasteiger partial charge in [0, 0.05) is 12.8 Å². The van der Waals surface area contributed by atoms with E-state index in [9.17, 15) is 13.6 Å². The van der Waals surface area contributed by atoms with Gasteiger partial charge in [-0.15, -0.1) is 11.8 Å². The van der Waals surface area contributed by atoms with Gasteiger partial charge in [0.1, 0.15) is 5.25 Å². The van der Waals surface area contributed by atoms with Gasteiger partial charge in [-0.25, -0.2) is 8.78 Å². The Kier molecular flexibility index (Phi) is 8.56. The average Bonchev–Trinajstić information content (AvgIpc) is 2.32. The van der Waals surface area contributed by atoms with Gasteiger partial charge in [-0.1, -0.05) is 20.3 Å². The minimum atomic E-state index is -2.56. The van der Waals surface area contributed by atoms with E-state index in [4.69, 9.17) is 0 Å². The second-order valence-corrected chi connectivity index (χ2v) is 5.29. The van der Waals surface area contributed by atoms with Gasteiger partial charge >= 0.3 is 5.97 Å². The predicted molar refractivity (Wildman–Crippen MR) is 67.6 cm³/mol. The first-order valence-corrected chi connectivity index (χ1v) is 7.09. The Labute approximate surface area is 106 Å². The van der Waals surface area contributed by atoms with E-state index in [2.05, 4.69) is 4.74 Å². The number of hydrogen-bond donors (Lipinski definition) is 0. The Hall–Kier alpha value is -0.320. The van der Waals surface area contributed by atoms with Crippen molar-refractivity contribution >= 4 is 17.7 Å². The lowest BCUT2D eigenvalue weighted by atomic mass is 10.1. The zero-order chi connectivity index (χ0) is 13.3. The molecule has 2 nitrogen and oxygen atoms in total. The molecule has 0 rings (SSSR count). The zero-order valence-electron chi connectivity index (χ0n) is 10.8.